The van der Waals surface area contributed by atoms with E-state index < -0.39 is 0 Å². The van der Waals surface area contributed by atoms with Gasteiger partial charge in [-0.25, -0.2) is 0 Å². The van der Waals surface area contributed by atoms with Gasteiger partial charge in [0.1, 0.15) is 0 Å². The Morgan fingerprint density at radius 2 is 1.59 bits per heavy atom. The molecule has 0 fully saturated rings. The van der Waals surface area contributed by atoms with E-state index in [1.54, 1.807) is 24.3 Å². The fraction of sp³-hybridized carbons (Fsp3) is 0.176. The van der Waals surface area contributed by atoms with Crippen LogP contribution in [-0.4, -0.2) is 11.7 Å². The summed E-state index contributed by atoms with van der Waals surface area (Å²) in [5.41, 5.74) is 10.3. The molecule has 0 spiro atoms. The molecular weight excluding hydrogens is 353 g/mol. The molecule has 0 saturated carbocycles. The number of benzene rings is 2. The number of amides is 1. The average Bonchev–Trinajstić information content (AvgIpc) is 2.53. The molecule has 0 aliphatic rings. The van der Waals surface area contributed by atoms with E-state index in [4.69, 9.17) is 5.73 Å². The second kappa shape index (κ2) is 8.94. The molecule has 0 saturated heterocycles. The van der Waals surface area contributed by atoms with E-state index in [1.165, 1.54) is 6.92 Å². The van der Waals surface area contributed by atoms with Crippen LogP contribution in [0.2, 0.25) is 0 Å². The van der Waals surface area contributed by atoms with Gasteiger partial charge in [-0.3, -0.25) is 9.59 Å². The fourth-order valence-electron chi connectivity index (χ4n) is 1.99. The van der Waals surface area contributed by atoms with Crippen molar-refractivity contribution in [1.29, 1.82) is 0 Å². The molecule has 5 heteroatoms. The van der Waals surface area contributed by atoms with Crippen LogP contribution < -0.4 is 5.32 Å². The molecule has 2 aromatic rings. The molecule has 0 aliphatic heterocycles. The summed E-state index contributed by atoms with van der Waals surface area (Å²) in [5.74, 6) is -0.199. The number of rotatable bonds is 5. The van der Waals surface area contributed by atoms with Crippen LogP contribution in [0.25, 0.3) is 5.73 Å². The van der Waals surface area contributed by atoms with Crippen molar-refractivity contribution in [2.75, 3.05) is 0 Å². The quantitative estimate of drug-likeness (QED) is 0.820. The molecule has 0 unspecified atom stereocenters. The molecule has 2 aromatic carbocycles. The van der Waals surface area contributed by atoms with Gasteiger partial charge in [0.15, 0.2) is 5.78 Å². The minimum absolute atomic E-state index is 0. The van der Waals surface area contributed by atoms with Crippen molar-refractivity contribution in [3.05, 3.63) is 76.5 Å². The van der Waals surface area contributed by atoms with E-state index in [0.717, 1.165) is 11.1 Å². The zero-order chi connectivity index (χ0) is 15.2. The first-order valence-corrected chi connectivity index (χ1v) is 6.72. The first-order valence-electron chi connectivity index (χ1n) is 6.72. The van der Waals surface area contributed by atoms with E-state index in [1.807, 2.05) is 24.3 Å². The molecule has 2 N–H and O–H groups in total. The number of carbonyl (C=O) groups is 2. The summed E-state index contributed by atoms with van der Waals surface area (Å²) in [7, 11) is 0. The summed E-state index contributed by atoms with van der Waals surface area (Å²) >= 11 is 0. The number of hydrogen-bond donors (Lipinski definition) is 1. The van der Waals surface area contributed by atoms with Gasteiger partial charge in [0.05, 0.1) is 0 Å². The van der Waals surface area contributed by atoms with Gasteiger partial charge < -0.3 is 11.1 Å². The zero-order valence-corrected chi connectivity index (χ0v) is 15.3. The smallest absolute Gasteiger partial charge is 0.251 e. The standard InChI is InChI=1S/C17H17N2O2.Y/c1-12(20)15-5-7-16(8-6-15)17(21)19-11-14-4-2-3-13(9-14)10-18;/h2-9,18H,10-11H2,1H3,(H,19,21);/q-1;. The third kappa shape index (κ3) is 5.13. The molecule has 0 bridgehead atoms. The summed E-state index contributed by atoms with van der Waals surface area (Å²) in [6.45, 7) is 2.14. The van der Waals surface area contributed by atoms with Crippen LogP contribution in [0.3, 0.4) is 0 Å². The van der Waals surface area contributed by atoms with E-state index in [2.05, 4.69) is 5.32 Å². The van der Waals surface area contributed by atoms with Crippen LogP contribution in [0.5, 0.6) is 0 Å². The third-order valence-corrected chi connectivity index (χ3v) is 3.20. The van der Waals surface area contributed by atoms with Crippen LogP contribution in [-0.2, 0) is 45.8 Å². The first-order chi connectivity index (χ1) is 10.1. The molecule has 1 radical (unpaired) electrons. The van der Waals surface area contributed by atoms with Gasteiger partial charge in [-0.15, -0.1) is 6.54 Å². The topological polar surface area (TPSA) is 70.0 Å². The summed E-state index contributed by atoms with van der Waals surface area (Å²) < 4.78 is 0. The Balaban J connectivity index is 0.00000242. The maximum atomic E-state index is 12.0. The van der Waals surface area contributed by atoms with Gasteiger partial charge in [-0.1, -0.05) is 42.0 Å². The summed E-state index contributed by atoms with van der Waals surface area (Å²) in [6.07, 6.45) is 0. The number of carbonyl (C=O) groups excluding carboxylic acids is 2. The second-order valence-electron chi connectivity index (χ2n) is 4.81. The summed E-state index contributed by atoms with van der Waals surface area (Å²) in [4.78, 5) is 23.2. The van der Waals surface area contributed by atoms with Gasteiger partial charge in [0, 0.05) is 50.4 Å². The Morgan fingerprint density at radius 1 is 1.00 bits per heavy atom. The van der Waals surface area contributed by atoms with Crippen LogP contribution in [0.1, 0.15) is 38.8 Å². The van der Waals surface area contributed by atoms with Gasteiger partial charge in [0.25, 0.3) is 5.91 Å². The van der Waals surface area contributed by atoms with Crippen molar-refractivity contribution in [3.8, 4) is 0 Å². The average molecular weight is 370 g/mol. The SMILES string of the molecule is CC(=O)c1ccc(C(=O)NCc2cccc(C[NH-])c2)cc1.[Y]. The minimum atomic E-state index is -0.179. The summed E-state index contributed by atoms with van der Waals surface area (Å²) in [5, 5.41) is 2.83. The molecule has 22 heavy (non-hydrogen) atoms. The van der Waals surface area contributed by atoms with E-state index in [0.29, 0.717) is 17.7 Å². The van der Waals surface area contributed by atoms with Gasteiger partial charge >= 0.3 is 0 Å². The van der Waals surface area contributed by atoms with Crippen LogP contribution >= 0.6 is 0 Å². The van der Waals surface area contributed by atoms with E-state index in [-0.39, 0.29) is 50.9 Å². The largest absolute Gasteiger partial charge is 0.674 e. The van der Waals surface area contributed by atoms with Crippen molar-refractivity contribution in [2.24, 2.45) is 0 Å². The van der Waals surface area contributed by atoms with Gasteiger partial charge in [-0.2, -0.15) is 0 Å². The fourth-order valence-corrected chi connectivity index (χ4v) is 1.99. The van der Waals surface area contributed by atoms with Crippen molar-refractivity contribution in [3.63, 3.8) is 0 Å². The van der Waals surface area contributed by atoms with Crippen molar-refractivity contribution in [1.82, 2.24) is 5.32 Å². The molecule has 1 amide bonds. The Labute approximate surface area is 155 Å². The summed E-state index contributed by atoms with van der Waals surface area (Å²) in [6, 6.07) is 14.2. The van der Waals surface area contributed by atoms with Crippen molar-refractivity contribution >= 4 is 11.7 Å². The maximum absolute atomic E-state index is 12.0. The van der Waals surface area contributed by atoms with E-state index in [9.17, 15) is 9.59 Å². The van der Waals surface area contributed by atoms with Crippen LogP contribution in [0.15, 0.2) is 48.5 Å². The second-order valence-corrected chi connectivity index (χ2v) is 4.81. The first kappa shape index (κ1) is 18.7. The van der Waals surface area contributed by atoms with Crippen molar-refractivity contribution < 1.29 is 42.3 Å². The maximum Gasteiger partial charge on any atom is 0.251 e. The van der Waals surface area contributed by atoms with Crippen LogP contribution in [0.4, 0.5) is 0 Å². The number of nitrogens with one attached hydrogen (secondary N) is 2. The molecular formula is C17H17N2O2Y-. The molecule has 0 heterocycles. The number of Topliss-reactive ketones (excluding diaryl/α,β-unsaturated/α-hetero) is 1. The van der Waals surface area contributed by atoms with Gasteiger partial charge in [0.2, 0.25) is 0 Å². The zero-order valence-electron chi connectivity index (χ0n) is 12.4. The Morgan fingerprint density at radius 3 is 2.18 bits per heavy atom. The van der Waals surface area contributed by atoms with Crippen LogP contribution in [0, 0.1) is 0 Å². The Kier molecular flexibility index (Phi) is 7.59. The molecule has 0 aromatic heterocycles. The predicted octanol–water partition coefficient (Wildman–Crippen LogP) is 3.37. The molecule has 0 aliphatic carbocycles. The van der Waals surface area contributed by atoms with E-state index >= 15 is 0 Å². The third-order valence-electron chi connectivity index (χ3n) is 3.20. The Bertz CT molecular complexity index is 654. The number of hydrogen-bond acceptors (Lipinski definition) is 2. The van der Waals surface area contributed by atoms with Gasteiger partial charge in [-0.05, 0) is 24.6 Å². The molecule has 4 nitrogen and oxygen atoms in total. The monoisotopic (exact) mass is 370 g/mol. The number of ketones is 1. The molecule has 0 atom stereocenters. The minimum Gasteiger partial charge on any atom is -0.674 e. The molecule has 2 rings (SSSR count). The predicted molar refractivity (Wildman–Crippen MR) is 82.1 cm³/mol. The normalized spacial score (nSPS) is 9.73. The molecule has 111 valence electrons. The Hall–Kier alpha value is -1.36. The van der Waals surface area contributed by atoms with Crippen molar-refractivity contribution in [2.45, 2.75) is 20.0 Å².